The van der Waals surface area contributed by atoms with Crippen molar-refractivity contribution in [2.75, 3.05) is 0 Å². The van der Waals surface area contributed by atoms with Gasteiger partial charge in [-0.15, -0.1) is 34.0 Å². The fourth-order valence-electron chi connectivity index (χ4n) is 3.94. The molecule has 0 aliphatic rings. The molecular formula is C29H17N3O4S3. The van der Waals surface area contributed by atoms with Crippen LogP contribution in [0.15, 0.2) is 90.6 Å². The van der Waals surface area contributed by atoms with Crippen molar-refractivity contribution in [2.45, 2.75) is 0 Å². The van der Waals surface area contributed by atoms with Crippen LogP contribution in [0.2, 0.25) is 0 Å². The number of thiophene rings is 3. The van der Waals surface area contributed by atoms with Crippen LogP contribution >= 0.6 is 34.0 Å². The number of nitrogens with zero attached hydrogens (tertiary/aromatic N) is 3. The molecule has 6 heterocycles. The maximum Gasteiger partial charge on any atom is 0.298 e. The van der Waals surface area contributed by atoms with Gasteiger partial charge in [-0.3, -0.25) is 19.6 Å². The first-order valence-corrected chi connectivity index (χ1v) is 14.1. The summed E-state index contributed by atoms with van der Waals surface area (Å²) in [4.78, 5) is 41.5. The number of pyridine rings is 3. The van der Waals surface area contributed by atoms with E-state index in [2.05, 4.69) is 51.7 Å². The molecule has 0 N–H and O–H groups in total. The third-order valence-electron chi connectivity index (χ3n) is 5.69. The maximum absolute atomic E-state index is 11.1. The largest absolute Gasteiger partial charge is 0.429 e. The van der Waals surface area contributed by atoms with Crippen LogP contribution in [0.1, 0.15) is 0 Å². The van der Waals surface area contributed by atoms with E-state index in [9.17, 15) is 9.59 Å². The Balaban J connectivity index is 1.33. The zero-order valence-corrected chi connectivity index (χ0v) is 22.5. The highest BCUT2D eigenvalue weighted by Crippen LogP contribution is 2.41. The standard InChI is InChI=1S/C29H17N3O4S3/c33-16-35-19-8-10-31-22(13-19)24-15-20(36-17-34)14-23(32-24)21-12-18(7-9-30-21)25-3-4-28(38-25)29-6-5-27(39-29)26-2-1-11-37-26/h1-17H. The highest BCUT2D eigenvalue weighted by Gasteiger charge is 2.14. The minimum atomic E-state index is 0.290. The van der Waals surface area contributed by atoms with Crippen LogP contribution in [0.5, 0.6) is 11.5 Å². The molecule has 0 unspecified atom stereocenters. The Morgan fingerprint density at radius 1 is 0.590 bits per heavy atom. The van der Waals surface area contributed by atoms with Crippen LogP contribution in [-0.4, -0.2) is 27.9 Å². The van der Waals surface area contributed by atoms with E-state index in [-0.39, 0.29) is 0 Å². The van der Waals surface area contributed by atoms with Crippen molar-refractivity contribution in [3.63, 3.8) is 0 Å². The van der Waals surface area contributed by atoms with Crippen molar-refractivity contribution >= 4 is 47.0 Å². The van der Waals surface area contributed by atoms with Gasteiger partial charge in [0.2, 0.25) is 0 Å². The lowest BCUT2D eigenvalue weighted by Crippen LogP contribution is -1.97. The van der Waals surface area contributed by atoms with Crippen molar-refractivity contribution in [1.82, 2.24) is 15.0 Å². The summed E-state index contributed by atoms with van der Waals surface area (Å²) in [6.07, 6.45) is 3.24. The molecule has 0 radical (unpaired) electrons. The molecule has 0 fully saturated rings. The van der Waals surface area contributed by atoms with Gasteiger partial charge >= 0.3 is 0 Å². The molecule has 0 bridgehead atoms. The Kier molecular flexibility index (Phi) is 7.05. The summed E-state index contributed by atoms with van der Waals surface area (Å²) in [5.41, 5.74) is 2.99. The van der Waals surface area contributed by atoms with Crippen molar-refractivity contribution in [3.8, 4) is 64.2 Å². The van der Waals surface area contributed by atoms with E-state index >= 15 is 0 Å². The average Bonchev–Trinajstić information content (AvgIpc) is 3.75. The number of carbonyl (C=O) groups excluding carboxylic acids is 2. The van der Waals surface area contributed by atoms with Crippen molar-refractivity contribution in [2.24, 2.45) is 0 Å². The molecular weight excluding hydrogens is 551 g/mol. The number of hydrogen-bond acceptors (Lipinski definition) is 10. The van der Waals surface area contributed by atoms with Crippen LogP contribution < -0.4 is 9.47 Å². The minimum absolute atomic E-state index is 0.290. The number of carbonyl (C=O) groups is 2. The van der Waals surface area contributed by atoms with Gasteiger partial charge in [0.05, 0.1) is 22.8 Å². The zero-order valence-electron chi connectivity index (χ0n) is 20.0. The van der Waals surface area contributed by atoms with E-state index < -0.39 is 0 Å². The Hall–Kier alpha value is -4.51. The lowest BCUT2D eigenvalue weighted by molar-refractivity contribution is -0.121. The highest BCUT2D eigenvalue weighted by atomic mass is 32.1. The van der Waals surface area contributed by atoms with E-state index in [1.165, 1.54) is 25.7 Å². The van der Waals surface area contributed by atoms with Gasteiger partial charge in [0.1, 0.15) is 11.5 Å². The SMILES string of the molecule is O=COc1ccnc(-c2cc(OC=O)cc(-c3cc(-c4ccc(-c5ccc(-c6cccs6)s5)s4)ccn3)n2)c1. The topological polar surface area (TPSA) is 91.3 Å². The van der Waals surface area contributed by atoms with E-state index in [1.54, 1.807) is 64.5 Å². The molecule has 0 spiro atoms. The fourth-order valence-corrected chi connectivity index (χ4v) is 6.88. The molecule has 6 aromatic rings. The first kappa shape index (κ1) is 24.8. The Morgan fingerprint density at radius 3 is 1.87 bits per heavy atom. The van der Waals surface area contributed by atoms with Gasteiger partial charge < -0.3 is 9.47 Å². The number of ether oxygens (including phenoxy) is 2. The molecule has 0 saturated carbocycles. The lowest BCUT2D eigenvalue weighted by Gasteiger charge is -2.09. The summed E-state index contributed by atoms with van der Waals surface area (Å²) in [6, 6.07) is 23.1. The van der Waals surface area contributed by atoms with E-state index in [4.69, 9.17) is 14.5 Å². The van der Waals surface area contributed by atoms with Gasteiger partial charge in [0.25, 0.3) is 12.9 Å². The van der Waals surface area contributed by atoms with Crippen LogP contribution in [0.3, 0.4) is 0 Å². The highest BCUT2D eigenvalue weighted by molar-refractivity contribution is 7.27. The molecule has 10 heteroatoms. The Bertz CT molecular complexity index is 1780. The minimum Gasteiger partial charge on any atom is -0.429 e. The third kappa shape index (κ3) is 5.39. The fraction of sp³-hybridized carbons (Fsp3) is 0. The molecule has 190 valence electrons. The lowest BCUT2D eigenvalue weighted by atomic mass is 10.1. The second-order valence-electron chi connectivity index (χ2n) is 8.11. The first-order chi connectivity index (χ1) is 19.2. The average molecular weight is 568 g/mol. The molecule has 0 amide bonds. The second-order valence-corrected chi connectivity index (χ2v) is 11.2. The second kappa shape index (κ2) is 11.1. The van der Waals surface area contributed by atoms with Gasteiger partial charge in [-0.2, -0.15) is 0 Å². The molecule has 0 aromatic carbocycles. The molecule has 6 aromatic heterocycles. The summed E-state index contributed by atoms with van der Waals surface area (Å²) >= 11 is 5.24. The van der Waals surface area contributed by atoms with Crippen molar-refractivity contribution in [3.05, 3.63) is 90.6 Å². The van der Waals surface area contributed by atoms with Gasteiger partial charge in [0.15, 0.2) is 0 Å². The molecule has 0 aliphatic heterocycles. The van der Waals surface area contributed by atoms with E-state index in [0.717, 1.165) is 10.4 Å². The van der Waals surface area contributed by atoms with Gasteiger partial charge in [-0.25, -0.2) is 4.98 Å². The van der Waals surface area contributed by atoms with Gasteiger partial charge in [-0.1, -0.05) is 6.07 Å². The molecule has 6 rings (SSSR count). The summed E-state index contributed by atoms with van der Waals surface area (Å²) in [6.45, 7) is 0.699. The molecule has 0 aliphatic carbocycles. The Morgan fingerprint density at radius 2 is 1.18 bits per heavy atom. The Labute approximate surface area is 235 Å². The van der Waals surface area contributed by atoms with E-state index in [1.807, 2.05) is 12.1 Å². The molecule has 0 saturated heterocycles. The number of aromatic nitrogens is 3. The summed E-state index contributed by atoms with van der Waals surface area (Å²) in [7, 11) is 0. The number of rotatable bonds is 9. The normalized spacial score (nSPS) is 10.8. The van der Waals surface area contributed by atoms with Crippen molar-refractivity contribution in [1.29, 1.82) is 0 Å². The van der Waals surface area contributed by atoms with Crippen LogP contribution in [0.25, 0.3) is 52.7 Å². The third-order valence-corrected chi connectivity index (χ3v) is 9.17. The molecule has 0 atom stereocenters. The molecule has 7 nitrogen and oxygen atoms in total. The van der Waals surface area contributed by atoms with Crippen LogP contribution in [0.4, 0.5) is 0 Å². The van der Waals surface area contributed by atoms with Gasteiger partial charge in [-0.05, 0) is 59.5 Å². The van der Waals surface area contributed by atoms with Crippen LogP contribution in [-0.2, 0) is 9.59 Å². The van der Waals surface area contributed by atoms with Crippen LogP contribution in [0, 0.1) is 0 Å². The zero-order chi connectivity index (χ0) is 26.6. The van der Waals surface area contributed by atoms with Crippen molar-refractivity contribution < 1.29 is 19.1 Å². The first-order valence-electron chi connectivity index (χ1n) is 11.6. The quantitative estimate of drug-likeness (QED) is 0.167. The maximum atomic E-state index is 11.1. The summed E-state index contributed by atoms with van der Waals surface area (Å²) < 4.78 is 10.1. The van der Waals surface area contributed by atoms with Gasteiger partial charge in [0, 0.05) is 55.0 Å². The smallest absolute Gasteiger partial charge is 0.298 e. The monoisotopic (exact) mass is 567 g/mol. The van der Waals surface area contributed by atoms with E-state index in [0.29, 0.717) is 47.2 Å². The summed E-state index contributed by atoms with van der Waals surface area (Å²) in [5, 5.41) is 2.09. The predicted molar refractivity (Wildman–Crippen MR) is 154 cm³/mol. The summed E-state index contributed by atoms with van der Waals surface area (Å²) in [5.74, 6) is 0.611. The molecule has 39 heavy (non-hydrogen) atoms. The predicted octanol–water partition coefficient (Wildman–Crippen LogP) is 7.46. The number of hydrogen-bond donors (Lipinski definition) is 0.